The fraction of sp³-hybridized carbons (Fsp3) is 0.111. The normalized spacial score (nSPS) is 11.2. The number of fused-ring (bicyclic) bond motifs is 1. The molecule has 1 aromatic heterocycles. The Hall–Kier alpha value is -4.67. The van der Waals surface area contributed by atoms with Gasteiger partial charge in [-0.3, -0.25) is 0 Å². The Bertz CT molecular complexity index is 1720. The summed E-state index contributed by atoms with van der Waals surface area (Å²) in [5.41, 5.74) is 7.40. The van der Waals surface area contributed by atoms with E-state index < -0.39 is 0 Å². The van der Waals surface area contributed by atoms with Crippen molar-refractivity contribution in [2.45, 2.75) is 19.6 Å². The number of ether oxygens (including phenoxy) is 1. The molecule has 6 rings (SSSR count). The second-order valence-corrected chi connectivity index (χ2v) is 9.90. The zero-order chi connectivity index (χ0) is 27.3. The van der Waals surface area contributed by atoms with E-state index in [9.17, 15) is 5.11 Å². The van der Waals surface area contributed by atoms with Crippen LogP contribution in [-0.4, -0.2) is 16.3 Å². The van der Waals surface area contributed by atoms with Crippen LogP contribution in [0.4, 0.5) is 4.39 Å². The molecule has 0 unspecified atom stereocenters. The zero-order valence-electron chi connectivity index (χ0n) is 22.1. The first kappa shape index (κ1) is 25.6. The summed E-state index contributed by atoms with van der Waals surface area (Å²) < 4.78 is 24.7. The van der Waals surface area contributed by atoms with Gasteiger partial charge in [-0.2, -0.15) is 0 Å². The monoisotopic (exact) mass is 527 g/mol. The minimum atomic E-state index is -0.263. The topological polar surface area (TPSA) is 34.4 Å². The SMILES string of the molecule is OCCc1ccc(Cn2c(-c3ccccc3-c3ccccc3)c(F)c3cc(OCc4ccccc4)ccc32)cc1. The van der Waals surface area contributed by atoms with E-state index in [1.165, 1.54) is 0 Å². The van der Waals surface area contributed by atoms with Crippen LogP contribution in [0, 0.1) is 5.82 Å². The van der Waals surface area contributed by atoms with Gasteiger partial charge in [-0.05, 0) is 52.4 Å². The predicted molar refractivity (Wildman–Crippen MR) is 160 cm³/mol. The summed E-state index contributed by atoms with van der Waals surface area (Å²) in [5, 5.41) is 9.83. The maximum atomic E-state index is 16.6. The summed E-state index contributed by atoms with van der Waals surface area (Å²) in [7, 11) is 0. The van der Waals surface area contributed by atoms with Crippen molar-refractivity contribution >= 4 is 10.9 Å². The van der Waals surface area contributed by atoms with Gasteiger partial charge in [0.05, 0.1) is 11.2 Å². The van der Waals surface area contributed by atoms with E-state index >= 15 is 4.39 Å². The highest BCUT2D eigenvalue weighted by molar-refractivity contribution is 5.93. The van der Waals surface area contributed by atoms with Gasteiger partial charge in [0.2, 0.25) is 0 Å². The average molecular weight is 528 g/mol. The van der Waals surface area contributed by atoms with Crippen molar-refractivity contribution in [3.05, 3.63) is 150 Å². The Labute approximate surface area is 233 Å². The molecular weight excluding hydrogens is 497 g/mol. The van der Waals surface area contributed by atoms with E-state index in [1.807, 2.05) is 103 Å². The highest BCUT2D eigenvalue weighted by Crippen LogP contribution is 2.39. The standard InChI is InChI=1S/C36H30FNO2/c37-35-33-23-30(40-25-28-9-3-1-4-10-28)19-20-34(33)38(24-27-17-15-26(16-18-27)21-22-39)36(35)32-14-8-7-13-31(32)29-11-5-2-6-12-29/h1-20,23,39H,21-22,24-25H2. The van der Waals surface area contributed by atoms with Gasteiger partial charge in [-0.25, -0.2) is 4.39 Å². The Balaban J connectivity index is 1.47. The average Bonchev–Trinajstić information content (AvgIpc) is 3.28. The lowest BCUT2D eigenvalue weighted by Crippen LogP contribution is -2.04. The minimum Gasteiger partial charge on any atom is -0.489 e. The summed E-state index contributed by atoms with van der Waals surface area (Å²) in [5.74, 6) is 0.365. The first-order valence-electron chi connectivity index (χ1n) is 13.5. The van der Waals surface area contributed by atoms with Crippen molar-refractivity contribution in [2.75, 3.05) is 6.61 Å². The predicted octanol–water partition coefficient (Wildman–Crippen LogP) is 8.28. The second-order valence-electron chi connectivity index (χ2n) is 9.90. The molecule has 0 saturated carbocycles. The summed E-state index contributed by atoms with van der Waals surface area (Å²) in [6.45, 7) is 1.03. The lowest BCUT2D eigenvalue weighted by molar-refractivity contribution is 0.299. The first-order valence-corrected chi connectivity index (χ1v) is 13.5. The number of hydrogen-bond donors (Lipinski definition) is 1. The van der Waals surface area contributed by atoms with Crippen LogP contribution in [0.25, 0.3) is 33.3 Å². The molecule has 0 aliphatic carbocycles. The van der Waals surface area contributed by atoms with E-state index in [0.29, 0.717) is 36.4 Å². The van der Waals surface area contributed by atoms with Crippen LogP contribution >= 0.6 is 0 Å². The molecule has 0 aliphatic heterocycles. The number of nitrogens with zero attached hydrogens (tertiary/aromatic N) is 1. The maximum absolute atomic E-state index is 16.6. The third-order valence-electron chi connectivity index (χ3n) is 7.25. The zero-order valence-corrected chi connectivity index (χ0v) is 22.1. The van der Waals surface area contributed by atoms with Crippen LogP contribution in [0.3, 0.4) is 0 Å². The van der Waals surface area contributed by atoms with Gasteiger partial charge in [0, 0.05) is 24.1 Å². The fourth-order valence-electron chi connectivity index (χ4n) is 5.23. The van der Waals surface area contributed by atoms with Gasteiger partial charge in [0.15, 0.2) is 5.82 Å². The third-order valence-corrected chi connectivity index (χ3v) is 7.25. The molecule has 198 valence electrons. The van der Waals surface area contributed by atoms with E-state index in [2.05, 4.69) is 28.8 Å². The van der Waals surface area contributed by atoms with Crippen molar-refractivity contribution in [2.24, 2.45) is 0 Å². The molecule has 6 aromatic rings. The summed E-state index contributed by atoms with van der Waals surface area (Å²) in [4.78, 5) is 0. The summed E-state index contributed by atoms with van der Waals surface area (Å²) in [6, 6.07) is 41.9. The molecule has 1 N–H and O–H groups in total. The number of halogens is 1. The molecule has 0 fully saturated rings. The molecular formula is C36H30FNO2. The molecule has 0 radical (unpaired) electrons. The van der Waals surface area contributed by atoms with Crippen LogP contribution in [0.15, 0.2) is 127 Å². The highest BCUT2D eigenvalue weighted by Gasteiger charge is 2.22. The van der Waals surface area contributed by atoms with Crippen LogP contribution < -0.4 is 4.74 Å². The van der Waals surface area contributed by atoms with Crippen LogP contribution in [0.1, 0.15) is 16.7 Å². The van der Waals surface area contributed by atoms with Gasteiger partial charge in [-0.15, -0.1) is 0 Å². The minimum absolute atomic E-state index is 0.113. The molecule has 3 nitrogen and oxygen atoms in total. The molecule has 0 aliphatic rings. The van der Waals surface area contributed by atoms with Crippen LogP contribution in [0.5, 0.6) is 5.75 Å². The Morgan fingerprint density at radius 2 is 1.30 bits per heavy atom. The highest BCUT2D eigenvalue weighted by atomic mass is 19.1. The van der Waals surface area contributed by atoms with E-state index in [4.69, 9.17) is 4.74 Å². The van der Waals surface area contributed by atoms with Crippen molar-refractivity contribution in [1.29, 1.82) is 0 Å². The van der Waals surface area contributed by atoms with Crippen LogP contribution in [-0.2, 0) is 19.6 Å². The Morgan fingerprint density at radius 1 is 0.650 bits per heavy atom. The molecule has 5 aromatic carbocycles. The Kier molecular flexibility index (Phi) is 7.43. The van der Waals surface area contributed by atoms with Gasteiger partial charge in [0.1, 0.15) is 12.4 Å². The van der Waals surface area contributed by atoms with Crippen molar-refractivity contribution in [3.63, 3.8) is 0 Å². The lowest BCUT2D eigenvalue weighted by atomic mass is 9.97. The van der Waals surface area contributed by atoms with Gasteiger partial charge in [0.25, 0.3) is 0 Å². The van der Waals surface area contributed by atoms with Crippen molar-refractivity contribution < 1.29 is 14.2 Å². The molecule has 0 amide bonds. The van der Waals surface area contributed by atoms with Gasteiger partial charge in [-0.1, -0.05) is 109 Å². The molecule has 0 bridgehead atoms. The number of hydrogen-bond acceptors (Lipinski definition) is 2. The van der Waals surface area contributed by atoms with Crippen LogP contribution in [0.2, 0.25) is 0 Å². The lowest BCUT2D eigenvalue weighted by Gasteiger charge is -2.15. The van der Waals surface area contributed by atoms with Crippen molar-refractivity contribution in [3.8, 4) is 28.1 Å². The summed E-state index contributed by atoms with van der Waals surface area (Å²) in [6.07, 6.45) is 0.614. The molecule has 0 atom stereocenters. The number of benzene rings is 5. The first-order chi connectivity index (χ1) is 19.7. The molecule has 0 spiro atoms. The largest absolute Gasteiger partial charge is 0.489 e. The maximum Gasteiger partial charge on any atom is 0.156 e. The third kappa shape index (κ3) is 5.27. The number of rotatable bonds is 9. The number of aliphatic hydroxyl groups excluding tert-OH is 1. The van der Waals surface area contributed by atoms with E-state index in [-0.39, 0.29) is 12.4 Å². The van der Waals surface area contributed by atoms with Gasteiger partial charge >= 0.3 is 0 Å². The number of aromatic nitrogens is 1. The summed E-state index contributed by atoms with van der Waals surface area (Å²) >= 11 is 0. The second kappa shape index (κ2) is 11.6. The smallest absolute Gasteiger partial charge is 0.156 e. The molecule has 40 heavy (non-hydrogen) atoms. The van der Waals surface area contributed by atoms with E-state index in [1.54, 1.807) is 0 Å². The molecule has 0 saturated heterocycles. The van der Waals surface area contributed by atoms with Crippen molar-refractivity contribution in [1.82, 2.24) is 4.57 Å². The number of aliphatic hydroxyl groups is 1. The Morgan fingerprint density at radius 3 is 2.02 bits per heavy atom. The molecule has 4 heteroatoms. The quantitative estimate of drug-likeness (QED) is 0.205. The fourth-order valence-corrected chi connectivity index (χ4v) is 5.23. The van der Waals surface area contributed by atoms with E-state index in [0.717, 1.165) is 38.9 Å². The molecule has 1 heterocycles. The van der Waals surface area contributed by atoms with Gasteiger partial charge < -0.3 is 14.4 Å².